The maximum Gasteiger partial charge on any atom is 0.272 e. The van der Waals surface area contributed by atoms with Crippen molar-refractivity contribution in [1.29, 1.82) is 0 Å². The molecule has 8 heteroatoms. The molecular formula is C27H28N6O2. The topological polar surface area (TPSA) is 102 Å². The molecule has 8 nitrogen and oxygen atoms in total. The third-order valence-corrected chi connectivity index (χ3v) is 6.58. The molecule has 2 aromatic carbocycles. The first-order valence-corrected chi connectivity index (χ1v) is 12.1. The third-order valence-electron chi connectivity index (χ3n) is 6.58. The lowest BCUT2D eigenvalue weighted by atomic mass is 9.89. The van der Waals surface area contributed by atoms with Crippen molar-refractivity contribution < 1.29 is 9.59 Å². The van der Waals surface area contributed by atoms with Gasteiger partial charge in [-0.25, -0.2) is 4.98 Å². The first-order valence-electron chi connectivity index (χ1n) is 12.1. The fraction of sp³-hybridized carbons (Fsp3) is 0.296. The van der Waals surface area contributed by atoms with Gasteiger partial charge in [0.25, 0.3) is 11.8 Å². The molecule has 1 aliphatic rings. The number of aromatic nitrogens is 4. The van der Waals surface area contributed by atoms with Crippen LogP contribution in [0.5, 0.6) is 0 Å². The van der Waals surface area contributed by atoms with Gasteiger partial charge in [-0.1, -0.05) is 49.6 Å². The van der Waals surface area contributed by atoms with Gasteiger partial charge in [-0.2, -0.15) is 15.0 Å². The average molecular weight is 469 g/mol. The Labute approximate surface area is 203 Å². The summed E-state index contributed by atoms with van der Waals surface area (Å²) in [6, 6.07) is 14.9. The Morgan fingerprint density at radius 3 is 2.43 bits per heavy atom. The fourth-order valence-corrected chi connectivity index (χ4v) is 4.76. The zero-order chi connectivity index (χ0) is 24.0. The highest BCUT2D eigenvalue weighted by atomic mass is 16.2. The van der Waals surface area contributed by atoms with Crippen LogP contribution in [0.4, 0.5) is 5.69 Å². The van der Waals surface area contributed by atoms with Crippen LogP contribution >= 0.6 is 0 Å². The Balaban J connectivity index is 1.35. The minimum Gasteiger partial charge on any atom is -0.350 e. The van der Waals surface area contributed by atoms with Crippen molar-refractivity contribution in [3.05, 3.63) is 83.9 Å². The zero-order valence-corrected chi connectivity index (χ0v) is 19.5. The van der Waals surface area contributed by atoms with E-state index in [1.807, 2.05) is 30.3 Å². The molecule has 1 fully saturated rings. The maximum absolute atomic E-state index is 13.3. The molecule has 4 aromatic rings. The zero-order valence-electron chi connectivity index (χ0n) is 19.5. The summed E-state index contributed by atoms with van der Waals surface area (Å²) in [6.45, 7) is 1.14. The van der Waals surface area contributed by atoms with Crippen molar-refractivity contribution in [2.75, 3.05) is 11.9 Å². The average Bonchev–Trinajstić information content (AvgIpc) is 3.41. The minimum absolute atomic E-state index is 0.224. The summed E-state index contributed by atoms with van der Waals surface area (Å²) >= 11 is 0. The second-order valence-electron chi connectivity index (χ2n) is 8.95. The van der Waals surface area contributed by atoms with Gasteiger partial charge in [-0.3, -0.25) is 9.59 Å². The molecule has 0 unspecified atom stereocenters. The van der Waals surface area contributed by atoms with Crippen molar-refractivity contribution in [2.45, 2.75) is 38.6 Å². The van der Waals surface area contributed by atoms with Gasteiger partial charge in [-0.15, -0.1) is 0 Å². The van der Waals surface area contributed by atoms with Crippen LogP contribution in [-0.4, -0.2) is 38.3 Å². The Morgan fingerprint density at radius 2 is 1.63 bits per heavy atom. The van der Waals surface area contributed by atoms with E-state index in [0.717, 1.165) is 29.2 Å². The SMILES string of the molecule is O=C(NCC1CCCCC1)c1ncccc1NC(=O)c1ccc(Cn2nccn2)c2ccccc12. The molecule has 0 spiro atoms. The number of carbonyl (C=O) groups excluding carboxylic acids is 2. The monoisotopic (exact) mass is 468 g/mol. The molecule has 178 valence electrons. The minimum atomic E-state index is -0.292. The highest BCUT2D eigenvalue weighted by Crippen LogP contribution is 2.26. The number of nitrogens with one attached hydrogen (secondary N) is 2. The number of carbonyl (C=O) groups is 2. The molecule has 2 amide bonds. The van der Waals surface area contributed by atoms with E-state index in [2.05, 4.69) is 25.8 Å². The smallest absolute Gasteiger partial charge is 0.272 e. The predicted octanol–water partition coefficient (Wildman–Crippen LogP) is 4.44. The second kappa shape index (κ2) is 10.5. The number of benzene rings is 2. The summed E-state index contributed by atoms with van der Waals surface area (Å²) in [5.74, 6) is -0.0473. The van der Waals surface area contributed by atoms with Crippen LogP contribution in [0.2, 0.25) is 0 Å². The van der Waals surface area contributed by atoms with Gasteiger partial charge in [0.2, 0.25) is 0 Å². The largest absolute Gasteiger partial charge is 0.350 e. The van der Waals surface area contributed by atoms with Crippen molar-refractivity contribution in [2.24, 2.45) is 5.92 Å². The number of rotatable bonds is 7. The Bertz CT molecular complexity index is 1330. The highest BCUT2D eigenvalue weighted by molar-refractivity contribution is 6.15. The van der Waals surface area contributed by atoms with Crippen LogP contribution < -0.4 is 10.6 Å². The van der Waals surface area contributed by atoms with Crippen molar-refractivity contribution in [3.63, 3.8) is 0 Å². The Kier molecular flexibility index (Phi) is 6.79. The Morgan fingerprint density at radius 1 is 0.857 bits per heavy atom. The van der Waals surface area contributed by atoms with Crippen molar-refractivity contribution in [3.8, 4) is 0 Å². The number of amides is 2. The first kappa shape index (κ1) is 22.7. The lowest BCUT2D eigenvalue weighted by Crippen LogP contribution is -2.31. The molecule has 0 atom stereocenters. The van der Waals surface area contributed by atoms with Crippen LogP contribution in [0.25, 0.3) is 10.8 Å². The number of anilines is 1. The Hall–Kier alpha value is -4.07. The summed E-state index contributed by atoms with van der Waals surface area (Å²) in [6.07, 6.45) is 10.8. The lowest BCUT2D eigenvalue weighted by Gasteiger charge is -2.21. The summed E-state index contributed by atoms with van der Waals surface area (Å²) in [5, 5.41) is 16.1. The first-order chi connectivity index (χ1) is 17.2. The van der Waals surface area contributed by atoms with E-state index in [1.165, 1.54) is 19.3 Å². The quantitative estimate of drug-likeness (QED) is 0.418. The van der Waals surface area contributed by atoms with Crippen molar-refractivity contribution >= 4 is 28.3 Å². The van der Waals surface area contributed by atoms with Crippen LogP contribution in [0, 0.1) is 5.92 Å². The van der Waals surface area contributed by atoms with E-state index in [0.29, 0.717) is 30.3 Å². The van der Waals surface area contributed by atoms with E-state index >= 15 is 0 Å². The maximum atomic E-state index is 13.3. The number of fused-ring (bicyclic) bond motifs is 1. The number of pyridine rings is 1. The highest BCUT2D eigenvalue weighted by Gasteiger charge is 2.20. The predicted molar refractivity (Wildman–Crippen MR) is 134 cm³/mol. The molecule has 0 bridgehead atoms. The summed E-state index contributed by atoms with van der Waals surface area (Å²) < 4.78 is 0. The molecule has 1 aliphatic carbocycles. The third kappa shape index (κ3) is 5.21. The van der Waals surface area contributed by atoms with Crippen LogP contribution in [0.15, 0.2) is 67.1 Å². The fourth-order valence-electron chi connectivity index (χ4n) is 4.76. The molecule has 2 N–H and O–H groups in total. The lowest BCUT2D eigenvalue weighted by molar-refractivity contribution is 0.0939. The molecular weight excluding hydrogens is 440 g/mol. The number of hydrogen-bond acceptors (Lipinski definition) is 5. The number of hydrogen-bond donors (Lipinski definition) is 2. The van der Waals surface area contributed by atoms with Crippen LogP contribution in [0.3, 0.4) is 0 Å². The molecule has 35 heavy (non-hydrogen) atoms. The van der Waals surface area contributed by atoms with Gasteiger partial charge in [0.1, 0.15) is 0 Å². The molecule has 5 rings (SSSR count). The van der Waals surface area contributed by atoms with Gasteiger partial charge in [0, 0.05) is 18.3 Å². The van der Waals surface area contributed by atoms with Gasteiger partial charge in [-0.05, 0) is 53.3 Å². The molecule has 0 saturated heterocycles. The summed E-state index contributed by atoms with van der Waals surface area (Å²) in [5.41, 5.74) is 2.16. The van der Waals surface area contributed by atoms with Gasteiger partial charge < -0.3 is 10.6 Å². The van der Waals surface area contributed by atoms with Gasteiger partial charge in [0.05, 0.1) is 24.6 Å². The van der Waals surface area contributed by atoms with E-state index in [9.17, 15) is 9.59 Å². The van der Waals surface area contributed by atoms with Gasteiger partial charge >= 0.3 is 0 Å². The van der Waals surface area contributed by atoms with Crippen molar-refractivity contribution in [1.82, 2.24) is 25.3 Å². The van der Waals surface area contributed by atoms with E-state index in [1.54, 1.807) is 41.6 Å². The summed E-state index contributed by atoms with van der Waals surface area (Å²) in [7, 11) is 0. The standard InChI is InChI=1S/C27H28N6O2/c34-26(23-13-12-20(18-33-30-15-16-31-33)21-9-4-5-10-22(21)23)32-24-11-6-14-28-25(24)27(35)29-17-19-7-2-1-3-8-19/h4-6,9-16,19H,1-3,7-8,17-18H2,(H,29,35)(H,32,34). The molecule has 0 radical (unpaired) electrons. The summed E-state index contributed by atoms with van der Waals surface area (Å²) in [4.78, 5) is 32.1. The molecule has 1 saturated carbocycles. The van der Waals surface area contributed by atoms with Crippen LogP contribution in [-0.2, 0) is 6.54 Å². The molecule has 0 aliphatic heterocycles. The van der Waals surface area contributed by atoms with E-state index in [-0.39, 0.29) is 17.5 Å². The number of nitrogens with zero attached hydrogens (tertiary/aromatic N) is 4. The molecule has 2 aromatic heterocycles. The molecule has 2 heterocycles. The van der Waals surface area contributed by atoms with Crippen LogP contribution in [0.1, 0.15) is 58.5 Å². The van der Waals surface area contributed by atoms with E-state index in [4.69, 9.17) is 0 Å². The second-order valence-corrected chi connectivity index (χ2v) is 8.95. The van der Waals surface area contributed by atoms with Gasteiger partial charge in [0.15, 0.2) is 5.69 Å². The normalized spacial score (nSPS) is 14.1. The van der Waals surface area contributed by atoms with E-state index < -0.39 is 0 Å².